The van der Waals surface area contributed by atoms with Crippen molar-refractivity contribution < 1.29 is 0 Å². The highest BCUT2D eigenvalue weighted by Crippen LogP contribution is 2.27. The summed E-state index contributed by atoms with van der Waals surface area (Å²) in [7, 11) is 0. The molecule has 3 nitrogen and oxygen atoms in total. The van der Waals surface area contributed by atoms with Crippen molar-refractivity contribution in [1.29, 1.82) is 0 Å². The van der Waals surface area contributed by atoms with Crippen molar-refractivity contribution in [3.63, 3.8) is 0 Å². The first-order chi connectivity index (χ1) is 7.22. The molecule has 0 aromatic carbocycles. The Kier molecular flexibility index (Phi) is 3.76. The Labute approximate surface area is 99.2 Å². The van der Waals surface area contributed by atoms with Gasteiger partial charge in [-0.05, 0) is 31.6 Å². The second-order valence-electron chi connectivity index (χ2n) is 6.35. The lowest BCUT2D eigenvalue weighted by molar-refractivity contribution is 0.380. The van der Waals surface area contributed by atoms with Crippen LogP contribution in [-0.4, -0.2) is 15.0 Å². The van der Waals surface area contributed by atoms with Crippen LogP contribution in [0.5, 0.6) is 0 Å². The first-order valence-corrected chi connectivity index (χ1v) is 6.16. The fourth-order valence-electron chi connectivity index (χ4n) is 1.86. The summed E-state index contributed by atoms with van der Waals surface area (Å²) in [5, 5.41) is 8.62. The van der Waals surface area contributed by atoms with E-state index in [-0.39, 0.29) is 5.41 Å². The van der Waals surface area contributed by atoms with Crippen LogP contribution >= 0.6 is 0 Å². The van der Waals surface area contributed by atoms with Gasteiger partial charge in [0.2, 0.25) is 0 Å². The Morgan fingerprint density at radius 2 is 1.69 bits per heavy atom. The highest BCUT2D eigenvalue weighted by Gasteiger charge is 2.22. The summed E-state index contributed by atoms with van der Waals surface area (Å²) in [4.78, 5) is 0. The molecule has 0 unspecified atom stereocenters. The molecule has 3 heteroatoms. The summed E-state index contributed by atoms with van der Waals surface area (Å²) in [5.41, 5.74) is 2.74. The quantitative estimate of drug-likeness (QED) is 0.784. The van der Waals surface area contributed by atoms with Gasteiger partial charge in [-0.25, -0.2) is 4.68 Å². The van der Waals surface area contributed by atoms with Gasteiger partial charge in [0.15, 0.2) is 0 Å². The van der Waals surface area contributed by atoms with Gasteiger partial charge in [0.25, 0.3) is 0 Å². The molecule has 0 aliphatic carbocycles. The van der Waals surface area contributed by atoms with Gasteiger partial charge in [0, 0.05) is 6.04 Å². The maximum atomic E-state index is 4.33. The average Bonchev–Trinajstić information content (AvgIpc) is 2.44. The molecule has 1 rings (SSSR count). The van der Waals surface area contributed by atoms with E-state index in [1.165, 1.54) is 5.69 Å². The molecule has 0 aliphatic heterocycles. The molecule has 16 heavy (non-hydrogen) atoms. The third-order valence-corrected chi connectivity index (χ3v) is 2.55. The van der Waals surface area contributed by atoms with Crippen LogP contribution in [-0.2, 0) is 6.42 Å². The van der Waals surface area contributed by atoms with Gasteiger partial charge >= 0.3 is 0 Å². The van der Waals surface area contributed by atoms with Crippen molar-refractivity contribution >= 4 is 0 Å². The maximum absolute atomic E-state index is 4.33. The van der Waals surface area contributed by atoms with E-state index in [0.717, 1.165) is 12.1 Å². The average molecular weight is 223 g/mol. The minimum absolute atomic E-state index is 0.276. The summed E-state index contributed by atoms with van der Waals surface area (Å²) < 4.78 is 2.07. The zero-order chi connectivity index (χ0) is 12.5. The van der Waals surface area contributed by atoms with E-state index in [9.17, 15) is 0 Å². The summed E-state index contributed by atoms with van der Waals surface area (Å²) >= 11 is 0. The van der Waals surface area contributed by atoms with E-state index >= 15 is 0 Å². The van der Waals surface area contributed by atoms with Crippen LogP contribution in [0, 0.1) is 5.41 Å². The standard InChI is InChI=1S/C13H25N3/c1-9(2)12-11(8-13(5,6)7)16(10(3)4)15-14-12/h9-10H,8H2,1-7H3. The van der Waals surface area contributed by atoms with Gasteiger partial charge < -0.3 is 0 Å². The molecule has 0 atom stereocenters. The van der Waals surface area contributed by atoms with Gasteiger partial charge in [-0.3, -0.25) is 0 Å². The highest BCUT2D eigenvalue weighted by atomic mass is 15.4. The van der Waals surface area contributed by atoms with Gasteiger partial charge in [-0.15, -0.1) is 5.10 Å². The summed E-state index contributed by atoms with van der Waals surface area (Å²) in [6.45, 7) is 15.5. The number of rotatable bonds is 3. The first kappa shape index (κ1) is 13.2. The lowest BCUT2D eigenvalue weighted by Gasteiger charge is -2.21. The summed E-state index contributed by atoms with van der Waals surface area (Å²) in [6.07, 6.45) is 1.03. The lowest BCUT2D eigenvalue weighted by atomic mass is 9.88. The lowest BCUT2D eigenvalue weighted by Crippen LogP contribution is -2.17. The molecule has 0 saturated carbocycles. The van der Waals surface area contributed by atoms with E-state index in [0.29, 0.717) is 12.0 Å². The van der Waals surface area contributed by atoms with E-state index in [1.54, 1.807) is 0 Å². The number of nitrogens with zero attached hydrogens (tertiary/aromatic N) is 3. The van der Waals surface area contributed by atoms with Crippen molar-refractivity contribution in [3.8, 4) is 0 Å². The predicted molar refractivity (Wildman–Crippen MR) is 67.7 cm³/mol. The molecule has 0 fully saturated rings. The van der Waals surface area contributed by atoms with E-state index < -0.39 is 0 Å². The Morgan fingerprint density at radius 3 is 2.06 bits per heavy atom. The molecule has 0 bridgehead atoms. The molecular weight excluding hydrogens is 198 g/mol. The van der Waals surface area contributed by atoms with Crippen LogP contribution in [0.1, 0.15) is 71.8 Å². The zero-order valence-electron chi connectivity index (χ0n) is 11.7. The topological polar surface area (TPSA) is 30.7 Å². The molecule has 0 aliphatic rings. The molecule has 1 aromatic rings. The van der Waals surface area contributed by atoms with E-state index in [4.69, 9.17) is 0 Å². The van der Waals surface area contributed by atoms with Crippen LogP contribution in [0.3, 0.4) is 0 Å². The number of aromatic nitrogens is 3. The van der Waals surface area contributed by atoms with Crippen LogP contribution < -0.4 is 0 Å². The minimum atomic E-state index is 0.276. The molecule has 1 heterocycles. The Balaban J connectivity index is 3.14. The molecule has 0 saturated heterocycles. The summed E-state index contributed by atoms with van der Waals surface area (Å²) in [6, 6.07) is 0.386. The Bertz CT molecular complexity index is 317. The molecule has 0 spiro atoms. The maximum Gasteiger partial charge on any atom is 0.0884 e. The predicted octanol–water partition coefficient (Wildman–Crippen LogP) is 3.57. The van der Waals surface area contributed by atoms with Gasteiger partial charge in [0.05, 0.1) is 11.4 Å². The number of hydrogen-bond acceptors (Lipinski definition) is 2. The SMILES string of the molecule is CC(C)c1nnn(C(C)C)c1CC(C)(C)C. The zero-order valence-corrected chi connectivity index (χ0v) is 11.7. The fourth-order valence-corrected chi connectivity index (χ4v) is 1.86. The molecule has 1 aromatic heterocycles. The highest BCUT2D eigenvalue weighted by molar-refractivity contribution is 5.16. The number of hydrogen-bond donors (Lipinski definition) is 0. The second-order valence-corrected chi connectivity index (χ2v) is 6.35. The van der Waals surface area contributed by atoms with E-state index in [1.807, 2.05) is 0 Å². The van der Waals surface area contributed by atoms with Crippen LogP contribution in [0.2, 0.25) is 0 Å². The van der Waals surface area contributed by atoms with Crippen molar-refractivity contribution in [2.24, 2.45) is 5.41 Å². The van der Waals surface area contributed by atoms with Crippen molar-refractivity contribution in [3.05, 3.63) is 11.4 Å². The van der Waals surface area contributed by atoms with Gasteiger partial charge in [-0.2, -0.15) is 0 Å². The van der Waals surface area contributed by atoms with Crippen molar-refractivity contribution in [2.45, 2.75) is 66.8 Å². The monoisotopic (exact) mass is 223 g/mol. The smallest absolute Gasteiger partial charge is 0.0884 e. The fraction of sp³-hybridized carbons (Fsp3) is 0.846. The molecular formula is C13H25N3. The minimum Gasteiger partial charge on any atom is -0.247 e. The summed E-state index contributed by atoms with van der Waals surface area (Å²) in [5.74, 6) is 0.449. The van der Waals surface area contributed by atoms with Crippen molar-refractivity contribution in [1.82, 2.24) is 15.0 Å². The first-order valence-electron chi connectivity index (χ1n) is 6.16. The Morgan fingerprint density at radius 1 is 1.12 bits per heavy atom. The van der Waals surface area contributed by atoms with Crippen LogP contribution in [0.4, 0.5) is 0 Å². The molecule has 0 radical (unpaired) electrons. The molecule has 92 valence electrons. The third kappa shape index (κ3) is 3.06. The second kappa shape index (κ2) is 4.56. The van der Waals surface area contributed by atoms with Gasteiger partial charge in [-0.1, -0.05) is 39.8 Å². The van der Waals surface area contributed by atoms with Crippen molar-refractivity contribution in [2.75, 3.05) is 0 Å². The molecule has 0 amide bonds. The third-order valence-electron chi connectivity index (χ3n) is 2.55. The van der Waals surface area contributed by atoms with Gasteiger partial charge in [0.1, 0.15) is 0 Å². The largest absolute Gasteiger partial charge is 0.247 e. The van der Waals surface area contributed by atoms with Crippen LogP contribution in [0.25, 0.3) is 0 Å². The van der Waals surface area contributed by atoms with Crippen LogP contribution in [0.15, 0.2) is 0 Å². The Hall–Kier alpha value is -0.860. The normalized spacial score (nSPS) is 12.8. The van der Waals surface area contributed by atoms with E-state index in [2.05, 4.69) is 63.5 Å². The molecule has 0 N–H and O–H groups in total.